The van der Waals surface area contributed by atoms with Gasteiger partial charge < -0.3 is 29.7 Å². The van der Waals surface area contributed by atoms with Gasteiger partial charge in [-0.05, 0) is 31.2 Å². The van der Waals surface area contributed by atoms with Crippen molar-refractivity contribution in [2.24, 2.45) is 11.8 Å². The summed E-state index contributed by atoms with van der Waals surface area (Å²) in [6.07, 6.45) is 6.13. The summed E-state index contributed by atoms with van der Waals surface area (Å²) in [5.41, 5.74) is -0.397. The van der Waals surface area contributed by atoms with E-state index >= 15 is 0 Å². The molecule has 42 heavy (non-hydrogen) atoms. The highest BCUT2D eigenvalue weighted by Gasteiger charge is 2.74. The number of esters is 1. The second kappa shape index (κ2) is 14.1. The van der Waals surface area contributed by atoms with Crippen molar-refractivity contribution in [1.29, 1.82) is 0 Å². The van der Waals surface area contributed by atoms with E-state index in [-0.39, 0.29) is 43.9 Å². The summed E-state index contributed by atoms with van der Waals surface area (Å²) >= 11 is 0. The number of nitrogens with zero attached hydrogens (tertiary/aromatic N) is 2. The Hall–Kier alpha value is -3.50. The fraction of sp³-hybridized carbons (Fsp3) is 0.562. The van der Waals surface area contributed by atoms with Gasteiger partial charge in [0.15, 0.2) is 0 Å². The molecular weight excluding hydrogens is 538 g/mol. The third-order valence-corrected chi connectivity index (χ3v) is 8.60. The molecule has 3 heterocycles. The van der Waals surface area contributed by atoms with Crippen LogP contribution in [-0.4, -0.2) is 89.2 Å². The molecule has 2 N–H and O–H groups in total. The number of carbonyl (C=O) groups excluding carboxylic acids is 4. The number of rotatable bonds is 16. The molecule has 4 rings (SSSR count). The van der Waals surface area contributed by atoms with Crippen LogP contribution in [0.3, 0.4) is 0 Å². The number of β-amino-alcohol motifs (C(OH)–C–C–N with tert-alkyl or cyclic N) is 1. The minimum atomic E-state index is -1.15. The fourth-order valence-electron chi connectivity index (χ4n) is 6.69. The van der Waals surface area contributed by atoms with E-state index in [2.05, 4.69) is 18.5 Å². The molecule has 1 aromatic rings. The maximum Gasteiger partial charge on any atom is 0.306 e. The Labute approximate surface area is 247 Å². The lowest BCUT2D eigenvalue weighted by Crippen LogP contribution is -2.56. The molecule has 1 spiro atoms. The van der Waals surface area contributed by atoms with Crippen LogP contribution in [0.15, 0.2) is 55.6 Å². The van der Waals surface area contributed by atoms with Crippen LogP contribution in [0.5, 0.6) is 0 Å². The van der Waals surface area contributed by atoms with E-state index in [9.17, 15) is 24.3 Å². The fourth-order valence-corrected chi connectivity index (χ4v) is 6.69. The number of benzene rings is 1. The van der Waals surface area contributed by atoms with Gasteiger partial charge in [-0.2, -0.15) is 0 Å². The Morgan fingerprint density at radius 3 is 2.69 bits per heavy atom. The predicted octanol–water partition coefficient (Wildman–Crippen LogP) is 2.53. The number of amides is 3. The molecule has 228 valence electrons. The normalized spacial score (nSPS) is 26.4. The number of aliphatic hydroxyl groups excluding tert-OH is 1. The molecule has 0 aromatic heterocycles. The van der Waals surface area contributed by atoms with Crippen molar-refractivity contribution in [3.05, 3.63) is 61.2 Å². The third-order valence-electron chi connectivity index (χ3n) is 8.60. The number of hydrogen-bond donors (Lipinski definition) is 2. The highest BCUT2D eigenvalue weighted by Crippen LogP contribution is 2.58. The molecule has 0 saturated carbocycles. The maximum absolute atomic E-state index is 14.0. The quantitative estimate of drug-likeness (QED) is 0.227. The second-order valence-corrected chi connectivity index (χ2v) is 11.2. The Morgan fingerprint density at radius 2 is 2.02 bits per heavy atom. The number of ether oxygens (including phenoxy) is 2. The first-order valence-corrected chi connectivity index (χ1v) is 14.9. The van der Waals surface area contributed by atoms with Crippen molar-refractivity contribution >= 4 is 23.7 Å². The number of likely N-dealkylation sites (tertiary alicyclic amines) is 1. The van der Waals surface area contributed by atoms with Crippen molar-refractivity contribution in [3.8, 4) is 0 Å². The number of nitrogens with one attached hydrogen (secondary N) is 1. The molecule has 0 unspecified atom stereocenters. The lowest BCUT2D eigenvalue weighted by Gasteiger charge is -2.36. The summed E-state index contributed by atoms with van der Waals surface area (Å²) in [5, 5.41) is 12.9. The topological polar surface area (TPSA) is 125 Å². The highest BCUT2D eigenvalue weighted by atomic mass is 16.5. The first-order chi connectivity index (χ1) is 20.3. The molecule has 3 fully saturated rings. The second-order valence-electron chi connectivity index (χ2n) is 11.2. The van der Waals surface area contributed by atoms with Gasteiger partial charge in [-0.25, -0.2) is 0 Å². The maximum atomic E-state index is 14.0. The van der Waals surface area contributed by atoms with Crippen LogP contribution >= 0.6 is 0 Å². The number of hydrogen-bond acceptors (Lipinski definition) is 7. The van der Waals surface area contributed by atoms with Crippen molar-refractivity contribution < 1.29 is 33.8 Å². The van der Waals surface area contributed by atoms with E-state index in [0.29, 0.717) is 32.4 Å². The zero-order chi connectivity index (χ0) is 30.3. The Balaban J connectivity index is 1.60. The Bertz CT molecular complexity index is 1160. The number of fused-ring (bicyclic) bond motifs is 1. The zero-order valence-corrected chi connectivity index (χ0v) is 24.4. The Morgan fingerprint density at radius 1 is 1.26 bits per heavy atom. The van der Waals surface area contributed by atoms with Crippen molar-refractivity contribution in [2.75, 3.05) is 32.8 Å². The van der Waals surface area contributed by atoms with Gasteiger partial charge in [-0.1, -0.05) is 55.8 Å². The molecule has 10 heteroatoms. The molecule has 0 radical (unpaired) electrons. The average Bonchev–Trinajstić information content (AvgIpc) is 3.64. The van der Waals surface area contributed by atoms with Crippen LogP contribution < -0.4 is 5.32 Å². The van der Waals surface area contributed by atoms with E-state index in [1.807, 2.05) is 37.3 Å². The van der Waals surface area contributed by atoms with Gasteiger partial charge in [0.25, 0.3) is 0 Å². The SMILES string of the molecule is C=CCCC(=O)OC[C@@H](NC(=O)[C@@H]1[C@H]2C(=O)N(CCO)[C@H](C(=O)N(CC=C)CCCC)[C@]23CC[C@H]1O3)c1ccccc1. The minimum absolute atomic E-state index is 0.0289. The van der Waals surface area contributed by atoms with E-state index in [0.717, 1.165) is 18.4 Å². The zero-order valence-electron chi connectivity index (χ0n) is 24.4. The summed E-state index contributed by atoms with van der Waals surface area (Å²) in [4.78, 5) is 57.3. The smallest absolute Gasteiger partial charge is 0.306 e. The molecular formula is C32H43N3O7. The van der Waals surface area contributed by atoms with Gasteiger partial charge in [0.2, 0.25) is 17.7 Å². The van der Waals surface area contributed by atoms with Gasteiger partial charge in [-0.3, -0.25) is 19.2 Å². The number of aliphatic hydroxyl groups is 1. The monoisotopic (exact) mass is 581 g/mol. The molecule has 2 bridgehead atoms. The Kier molecular flexibility index (Phi) is 10.6. The summed E-state index contributed by atoms with van der Waals surface area (Å²) in [6, 6.07) is 7.63. The van der Waals surface area contributed by atoms with Gasteiger partial charge in [-0.15, -0.1) is 13.2 Å². The summed E-state index contributed by atoms with van der Waals surface area (Å²) < 4.78 is 12.0. The van der Waals surface area contributed by atoms with Crippen molar-refractivity contribution in [1.82, 2.24) is 15.1 Å². The van der Waals surface area contributed by atoms with Crippen molar-refractivity contribution in [2.45, 2.75) is 69.2 Å². The van der Waals surface area contributed by atoms with Crippen LogP contribution in [0.1, 0.15) is 57.1 Å². The molecule has 1 aromatic carbocycles. The minimum Gasteiger partial charge on any atom is -0.463 e. The molecule has 0 aliphatic carbocycles. The molecule has 3 aliphatic heterocycles. The van der Waals surface area contributed by atoms with Crippen LogP contribution in [0.25, 0.3) is 0 Å². The summed E-state index contributed by atoms with van der Waals surface area (Å²) in [5.74, 6) is -3.07. The number of allylic oxidation sites excluding steroid dienone is 1. The number of carbonyl (C=O) groups is 4. The van der Waals surface area contributed by atoms with Crippen molar-refractivity contribution in [3.63, 3.8) is 0 Å². The van der Waals surface area contributed by atoms with Gasteiger partial charge in [0, 0.05) is 26.1 Å². The van der Waals surface area contributed by atoms with Gasteiger partial charge in [0.05, 0.1) is 30.6 Å². The van der Waals surface area contributed by atoms with E-state index in [1.54, 1.807) is 17.1 Å². The van der Waals surface area contributed by atoms with E-state index in [1.165, 1.54) is 4.90 Å². The summed E-state index contributed by atoms with van der Waals surface area (Å²) in [7, 11) is 0. The molecule has 3 aliphatic rings. The molecule has 3 amide bonds. The van der Waals surface area contributed by atoms with Gasteiger partial charge in [0.1, 0.15) is 18.2 Å². The first-order valence-electron chi connectivity index (χ1n) is 14.9. The van der Waals surface area contributed by atoms with E-state index < -0.39 is 41.6 Å². The standard InChI is InChI=1S/C32H43N3O7/c1-4-7-14-25(37)41-21-23(22-12-10-9-11-13-22)33-29(38)26-24-15-16-32(42-24)27(26)30(39)35(19-20-36)28(32)31(40)34(17-6-3)18-8-5-2/h4,6,9-13,23-24,26-28,36H,1,3,5,7-8,14-21H2,2H3,(H,33,38)/t23-,24-,26+,27+,28-,32+/m1/s1. The largest absolute Gasteiger partial charge is 0.463 e. The molecule has 6 atom stereocenters. The summed E-state index contributed by atoms with van der Waals surface area (Å²) in [6.45, 7) is 9.88. The third kappa shape index (κ3) is 6.15. The molecule has 3 saturated heterocycles. The van der Waals surface area contributed by atoms with Crippen LogP contribution in [0.4, 0.5) is 0 Å². The van der Waals surface area contributed by atoms with Crippen LogP contribution in [0, 0.1) is 11.8 Å². The average molecular weight is 582 g/mol. The lowest BCUT2D eigenvalue weighted by molar-refractivity contribution is -0.148. The number of unbranched alkanes of at least 4 members (excludes halogenated alkanes) is 1. The van der Waals surface area contributed by atoms with Crippen LogP contribution in [0.2, 0.25) is 0 Å². The van der Waals surface area contributed by atoms with Gasteiger partial charge >= 0.3 is 5.97 Å². The predicted molar refractivity (Wildman–Crippen MR) is 156 cm³/mol. The van der Waals surface area contributed by atoms with E-state index in [4.69, 9.17) is 9.47 Å². The highest BCUT2D eigenvalue weighted by molar-refractivity contribution is 5.99. The first kappa shape index (κ1) is 31.4. The lowest BCUT2D eigenvalue weighted by atomic mass is 9.70. The molecule has 10 nitrogen and oxygen atoms in total. The van der Waals surface area contributed by atoms with Crippen LogP contribution in [-0.2, 0) is 28.7 Å².